The number of allylic oxidation sites excluding steroid dienone is 6. The van der Waals surface area contributed by atoms with Gasteiger partial charge in [-0.3, -0.25) is 4.99 Å². The van der Waals surface area contributed by atoms with E-state index in [1.54, 1.807) is 12.3 Å². The molecule has 0 radical (unpaired) electrons. The van der Waals surface area contributed by atoms with Gasteiger partial charge in [0.25, 0.3) is 0 Å². The molecule has 18 heavy (non-hydrogen) atoms. The van der Waals surface area contributed by atoms with Gasteiger partial charge < -0.3 is 4.74 Å². The van der Waals surface area contributed by atoms with Crippen LogP contribution in [0.3, 0.4) is 0 Å². The Morgan fingerprint density at radius 3 is 2.72 bits per heavy atom. The lowest BCUT2D eigenvalue weighted by atomic mass is 9.96. The van der Waals surface area contributed by atoms with Gasteiger partial charge >= 0.3 is 5.97 Å². The summed E-state index contributed by atoms with van der Waals surface area (Å²) >= 11 is 0. The molecular weight excluding hydrogens is 226 g/mol. The maximum atomic E-state index is 12.0. The molecule has 0 amide bonds. The number of esters is 1. The van der Waals surface area contributed by atoms with Crippen LogP contribution in [0.25, 0.3) is 0 Å². The first-order chi connectivity index (χ1) is 8.46. The highest BCUT2D eigenvalue weighted by Crippen LogP contribution is 2.28. The molecular formula is C15H17NO2. The highest BCUT2D eigenvalue weighted by Gasteiger charge is 2.22. The monoisotopic (exact) mass is 243 g/mol. The lowest BCUT2D eigenvalue weighted by Crippen LogP contribution is -2.25. The lowest BCUT2D eigenvalue weighted by molar-refractivity contribution is -0.149. The second-order valence-electron chi connectivity index (χ2n) is 5.28. The molecule has 0 saturated heterocycles. The topological polar surface area (TPSA) is 38.7 Å². The summed E-state index contributed by atoms with van der Waals surface area (Å²) in [5.74, 6) is -0.254. The van der Waals surface area contributed by atoms with Gasteiger partial charge in [0.05, 0.1) is 5.70 Å². The van der Waals surface area contributed by atoms with E-state index in [1.165, 1.54) is 0 Å². The highest BCUT2D eigenvalue weighted by atomic mass is 16.6. The fourth-order valence-corrected chi connectivity index (χ4v) is 1.74. The number of fused-ring (bicyclic) bond motifs is 1. The molecule has 0 aromatic rings. The van der Waals surface area contributed by atoms with Crippen LogP contribution in [0.4, 0.5) is 0 Å². The van der Waals surface area contributed by atoms with Crippen molar-refractivity contribution in [3.8, 4) is 0 Å². The maximum Gasteiger partial charge on any atom is 0.334 e. The Hall–Kier alpha value is -1.90. The summed E-state index contributed by atoms with van der Waals surface area (Å²) in [5.41, 5.74) is 2.17. The first kappa shape index (κ1) is 12.6. The maximum absolute atomic E-state index is 12.0. The molecule has 2 aliphatic rings. The zero-order chi connectivity index (χ0) is 13.2. The van der Waals surface area contributed by atoms with Gasteiger partial charge in [-0.15, -0.1) is 0 Å². The van der Waals surface area contributed by atoms with Gasteiger partial charge in [-0.25, -0.2) is 4.79 Å². The number of nitrogens with zero attached hydrogens (tertiary/aromatic N) is 1. The quantitative estimate of drug-likeness (QED) is 0.664. The summed E-state index contributed by atoms with van der Waals surface area (Å²) in [6.45, 7) is 5.61. The fraction of sp³-hybridized carbons (Fsp3) is 0.333. The standard InChI is InChI=1S/C15H17NO2/c1-15(2,3)18-14(17)12-7-8-13-11(10-12)6-4-5-9-16-13/h4-9H,10H2,1-3H3. The number of carbonyl (C=O) groups is 1. The lowest BCUT2D eigenvalue weighted by Gasteiger charge is -2.22. The van der Waals surface area contributed by atoms with Crippen molar-refractivity contribution in [2.45, 2.75) is 32.8 Å². The molecule has 0 atom stereocenters. The van der Waals surface area contributed by atoms with Crippen LogP contribution in [0.5, 0.6) is 0 Å². The molecule has 2 rings (SSSR count). The predicted octanol–water partition coefficient (Wildman–Crippen LogP) is 3.11. The van der Waals surface area contributed by atoms with Gasteiger partial charge in [-0.05, 0) is 44.6 Å². The van der Waals surface area contributed by atoms with Crippen LogP contribution in [-0.4, -0.2) is 17.8 Å². The average Bonchev–Trinajstić information content (AvgIpc) is 2.50. The van der Waals surface area contributed by atoms with Gasteiger partial charge in [0.1, 0.15) is 5.60 Å². The van der Waals surface area contributed by atoms with Crippen LogP contribution in [0.1, 0.15) is 27.2 Å². The van der Waals surface area contributed by atoms with E-state index in [0.29, 0.717) is 12.0 Å². The molecule has 1 aliphatic heterocycles. The van der Waals surface area contributed by atoms with E-state index in [-0.39, 0.29) is 5.97 Å². The van der Waals surface area contributed by atoms with E-state index >= 15 is 0 Å². The van der Waals surface area contributed by atoms with Crippen LogP contribution < -0.4 is 0 Å². The van der Waals surface area contributed by atoms with Crippen molar-refractivity contribution >= 4 is 12.2 Å². The van der Waals surface area contributed by atoms with Crippen molar-refractivity contribution in [3.63, 3.8) is 0 Å². The number of hydrogen-bond acceptors (Lipinski definition) is 3. The van der Waals surface area contributed by atoms with Crippen LogP contribution in [0, 0.1) is 0 Å². The summed E-state index contributed by atoms with van der Waals surface area (Å²) in [6, 6.07) is 0. The predicted molar refractivity (Wildman–Crippen MR) is 72.3 cm³/mol. The molecule has 0 fully saturated rings. The highest BCUT2D eigenvalue weighted by molar-refractivity contribution is 5.90. The van der Waals surface area contributed by atoms with Gasteiger partial charge in [-0.2, -0.15) is 0 Å². The Labute approximate surface area is 107 Å². The van der Waals surface area contributed by atoms with E-state index < -0.39 is 5.60 Å². The molecule has 0 N–H and O–H groups in total. The molecule has 0 bridgehead atoms. The van der Waals surface area contributed by atoms with Gasteiger partial charge in [0.2, 0.25) is 0 Å². The second kappa shape index (κ2) is 4.77. The molecule has 1 aliphatic carbocycles. The van der Waals surface area contributed by atoms with Crippen LogP contribution in [0.2, 0.25) is 0 Å². The van der Waals surface area contributed by atoms with Gasteiger partial charge in [0, 0.05) is 18.2 Å². The van der Waals surface area contributed by atoms with E-state index in [2.05, 4.69) is 4.99 Å². The molecule has 3 nitrogen and oxygen atoms in total. The van der Waals surface area contributed by atoms with E-state index in [4.69, 9.17) is 4.74 Å². The third-order valence-corrected chi connectivity index (χ3v) is 2.52. The summed E-state index contributed by atoms with van der Waals surface area (Å²) in [5, 5.41) is 0. The van der Waals surface area contributed by atoms with Gasteiger partial charge in [-0.1, -0.05) is 12.2 Å². The summed E-state index contributed by atoms with van der Waals surface area (Å²) in [7, 11) is 0. The van der Waals surface area contributed by atoms with Crippen LogP contribution in [0.15, 0.2) is 52.2 Å². The zero-order valence-electron chi connectivity index (χ0n) is 10.9. The Balaban J connectivity index is 2.19. The van der Waals surface area contributed by atoms with Crippen molar-refractivity contribution < 1.29 is 9.53 Å². The molecule has 0 unspecified atom stereocenters. The molecule has 0 saturated carbocycles. The van der Waals surface area contributed by atoms with E-state index in [1.807, 2.05) is 45.1 Å². The van der Waals surface area contributed by atoms with Crippen molar-refractivity contribution in [1.29, 1.82) is 0 Å². The third kappa shape index (κ3) is 3.06. The van der Waals surface area contributed by atoms with Crippen molar-refractivity contribution in [2.24, 2.45) is 4.99 Å². The smallest absolute Gasteiger partial charge is 0.334 e. The largest absolute Gasteiger partial charge is 0.457 e. The van der Waals surface area contributed by atoms with Gasteiger partial charge in [0.15, 0.2) is 0 Å². The van der Waals surface area contributed by atoms with Crippen molar-refractivity contribution in [1.82, 2.24) is 0 Å². The minimum Gasteiger partial charge on any atom is -0.457 e. The Morgan fingerprint density at radius 2 is 2.00 bits per heavy atom. The zero-order valence-corrected chi connectivity index (χ0v) is 10.9. The van der Waals surface area contributed by atoms with E-state index in [0.717, 1.165) is 11.3 Å². The Morgan fingerprint density at radius 1 is 1.22 bits per heavy atom. The molecule has 3 heteroatoms. The third-order valence-electron chi connectivity index (χ3n) is 2.52. The molecule has 0 aromatic heterocycles. The minimum atomic E-state index is -0.461. The molecule has 0 spiro atoms. The normalized spacial score (nSPS) is 18.3. The fourth-order valence-electron chi connectivity index (χ4n) is 1.74. The minimum absolute atomic E-state index is 0.254. The number of hydrogen-bond donors (Lipinski definition) is 0. The van der Waals surface area contributed by atoms with Crippen LogP contribution >= 0.6 is 0 Å². The summed E-state index contributed by atoms with van der Waals surface area (Å²) in [4.78, 5) is 16.3. The Kier molecular flexibility index (Phi) is 3.32. The van der Waals surface area contributed by atoms with Crippen LogP contribution in [-0.2, 0) is 9.53 Å². The SMILES string of the molecule is CC(C)(C)OC(=O)C1=CC=C2N=CC=CC=C2C1. The first-order valence-corrected chi connectivity index (χ1v) is 6.00. The second-order valence-corrected chi connectivity index (χ2v) is 5.28. The van der Waals surface area contributed by atoms with E-state index in [9.17, 15) is 4.79 Å². The molecule has 94 valence electrons. The summed E-state index contributed by atoms with van der Waals surface area (Å²) < 4.78 is 5.37. The number of rotatable bonds is 1. The number of aliphatic imine (C=N–C) groups is 1. The molecule has 0 aromatic carbocycles. The molecule has 1 heterocycles. The summed E-state index contributed by atoms with van der Waals surface area (Å²) in [6.07, 6.45) is 11.8. The average molecular weight is 243 g/mol. The Bertz CT molecular complexity index is 511. The number of carbonyl (C=O) groups excluding carboxylic acids is 1. The van der Waals surface area contributed by atoms with Crippen molar-refractivity contribution in [2.75, 3.05) is 0 Å². The number of ether oxygens (including phenoxy) is 1. The van der Waals surface area contributed by atoms with Crippen molar-refractivity contribution in [3.05, 3.63) is 47.2 Å². The first-order valence-electron chi connectivity index (χ1n) is 6.00.